The first-order valence-corrected chi connectivity index (χ1v) is 14.1. The Morgan fingerprint density at radius 2 is 2.09 bits per heavy atom. The Labute approximate surface area is 213 Å². The Bertz CT molecular complexity index is 801. The van der Waals surface area contributed by atoms with Gasteiger partial charge in [0.25, 0.3) is 0 Å². The minimum atomic E-state index is -0.286. The number of rotatable bonds is 13. The van der Waals surface area contributed by atoms with Crippen molar-refractivity contribution in [1.29, 1.82) is 0 Å². The van der Waals surface area contributed by atoms with E-state index in [4.69, 9.17) is 25.8 Å². The molecule has 190 valence electrons. The number of alkyl halides is 1. The zero-order chi connectivity index (χ0) is 24.3. The van der Waals surface area contributed by atoms with Crippen LogP contribution in [0.3, 0.4) is 0 Å². The third kappa shape index (κ3) is 8.18. The lowest BCUT2D eigenvalue weighted by Gasteiger charge is -2.29. The fraction of sp³-hybridized carbons (Fsp3) is 0.704. The van der Waals surface area contributed by atoms with Crippen molar-refractivity contribution in [3.63, 3.8) is 0 Å². The third-order valence-corrected chi connectivity index (χ3v) is 8.48. The van der Waals surface area contributed by atoms with Gasteiger partial charge in [-0.3, -0.25) is 4.79 Å². The van der Waals surface area contributed by atoms with E-state index in [-0.39, 0.29) is 41.4 Å². The molecule has 34 heavy (non-hydrogen) atoms. The first kappa shape index (κ1) is 27.4. The van der Waals surface area contributed by atoms with E-state index in [2.05, 4.69) is 13.0 Å². The molecule has 1 unspecified atom stereocenters. The van der Waals surface area contributed by atoms with Gasteiger partial charge >= 0.3 is 5.97 Å². The number of esters is 1. The van der Waals surface area contributed by atoms with Crippen molar-refractivity contribution < 1.29 is 23.8 Å². The van der Waals surface area contributed by atoms with Gasteiger partial charge in [0.05, 0.1) is 13.2 Å². The molecule has 1 aromatic rings. The van der Waals surface area contributed by atoms with E-state index in [1.807, 2.05) is 12.1 Å². The van der Waals surface area contributed by atoms with Crippen LogP contribution in [0.4, 0.5) is 0 Å². The van der Waals surface area contributed by atoms with Crippen molar-refractivity contribution in [2.24, 2.45) is 11.8 Å². The summed E-state index contributed by atoms with van der Waals surface area (Å²) in [7, 11) is 1.40. The Kier molecular flexibility index (Phi) is 11.6. The monoisotopic (exact) mass is 510 g/mol. The van der Waals surface area contributed by atoms with Crippen LogP contribution in [0.1, 0.15) is 85.7 Å². The zero-order valence-electron chi connectivity index (χ0n) is 20.5. The highest BCUT2D eigenvalue weighted by Gasteiger charge is 2.42. The molecule has 0 radical (unpaired) electrons. The van der Waals surface area contributed by atoms with Crippen molar-refractivity contribution in [2.75, 3.05) is 13.7 Å². The van der Waals surface area contributed by atoms with E-state index in [9.17, 15) is 9.59 Å². The summed E-state index contributed by atoms with van der Waals surface area (Å²) in [5.41, 5.74) is 0. The second-order valence-electron chi connectivity index (χ2n) is 9.40. The van der Waals surface area contributed by atoms with E-state index in [1.165, 1.54) is 23.3 Å². The molecule has 0 aromatic carbocycles. The molecule has 0 bridgehead atoms. The van der Waals surface area contributed by atoms with Gasteiger partial charge in [0.1, 0.15) is 4.88 Å². The molecule has 1 aliphatic carbocycles. The van der Waals surface area contributed by atoms with E-state index in [0.29, 0.717) is 11.3 Å². The van der Waals surface area contributed by atoms with Gasteiger partial charge in [-0.15, -0.1) is 22.9 Å². The van der Waals surface area contributed by atoms with Crippen molar-refractivity contribution in [3.05, 3.63) is 34.0 Å². The van der Waals surface area contributed by atoms with E-state index >= 15 is 0 Å². The van der Waals surface area contributed by atoms with E-state index < -0.39 is 0 Å². The first-order chi connectivity index (χ1) is 16.5. The van der Waals surface area contributed by atoms with Crippen molar-refractivity contribution in [2.45, 2.75) is 95.3 Å². The second-order valence-corrected chi connectivity index (χ2v) is 11.1. The quantitative estimate of drug-likeness (QED) is 0.127. The minimum Gasteiger partial charge on any atom is -0.465 e. The van der Waals surface area contributed by atoms with Gasteiger partial charge in [-0.25, -0.2) is 4.79 Å². The standard InChI is InChI=1S/C27H39ClO5S/c1-3-4-5-9-19(29)13-15-22-21(11-8-10-20-14-16-25(34-20)27(30)31-2)23(28)18-24(22)33-26-12-6-7-17-32-26/h13-16,21-24,26H,3-12,17-18H2,1-2H3/t21-,22+,23+,24-,26?/m1/s1. The number of carbonyl (C=O) groups is 2. The Morgan fingerprint density at radius 1 is 1.24 bits per heavy atom. The first-order valence-electron chi connectivity index (χ1n) is 12.8. The van der Waals surface area contributed by atoms with Crippen LogP contribution in [0.2, 0.25) is 0 Å². The van der Waals surface area contributed by atoms with Crippen LogP contribution in [0, 0.1) is 11.8 Å². The molecule has 2 aliphatic rings. The van der Waals surface area contributed by atoms with Gasteiger partial charge in [-0.05, 0) is 75.5 Å². The Balaban J connectivity index is 1.61. The number of ether oxygens (including phenoxy) is 3. The molecule has 2 fully saturated rings. The molecule has 1 saturated heterocycles. The molecule has 5 atom stereocenters. The largest absolute Gasteiger partial charge is 0.465 e. The number of methoxy groups -OCH3 is 1. The predicted molar refractivity (Wildman–Crippen MR) is 137 cm³/mol. The van der Waals surface area contributed by atoms with Crippen LogP contribution in [-0.4, -0.2) is 43.2 Å². The van der Waals surface area contributed by atoms with Gasteiger partial charge < -0.3 is 14.2 Å². The lowest BCUT2D eigenvalue weighted by molar-refractivity contribution is -0.192. The highest BCUT2D eigenvalue weighted by atomic mass is 35.5. The molecule has 3 rings (SSSR count). The van der Waals surface area contributed by atoms with E-state index in [1.54, 1.807) is 6.08 Å². The fourth-order valence-electron chi connectivity index (χ4n) is 4.96. The molecule has 0 spiro atoms. The molecule has 5 nitrogen and oxygen atoms in total. The minimum absolute atomic E-state index is 0.00685. The molecule has 7 heteroatoms. The highest BCUT2D eigenvalue weighted by molar-refractivity contribution is 7.13. The summed E-state index contributed by atoms with van der Waals surface area (Å²) in [6.45, 7) is 2.89. The second kappa shape index (κ2) is 14.4. The Hall–Kier alpha value is -1.21. The van der Waals surface area contributed by atoms with Crippen LogP contribution >= 0.6 is 22.9 Å². The van der Waals surface area contributed by atoms with Crippen molar-refractivity contribution in [1.82, 2.24) is 0 Å². The van der Waals surface area contributed by atoms with Crippen LogP contribution in [0.5, 0.6) is 0 Å². The van der Waals surface area contributed by atoms with Gasteiger partial charge in [-0.2, -0.15) is 0 Å². The zero-order valence-corrected chi connectivity index (χ0v) is 22.1. The normalized spacial score (nSPS) is 27.3. The summed E-state index contributed by atoms with van der Waals surface area (Å²) in [5, 5.41) is 0.00685. The molecule has 2 heterocycles. The van der Waals surface area contributed by atoms with Crippen LogP contribution in [-0.2, 0) is 25.4 Å². The molecular formula is C27H39ClO5S. The predicted octanol–water partition coefficient (Wildman–Crippen LogP) is 6.72. The maximum atomic E-state index is 12.4. The van der Waals surface area contributed by atoms with Gasteiger partial charge in [0.15, 0.2) is 12.1 Å². The number of halogens is 1. The highest BCUT2D eigenvalue weighted by Crippen LogP contribution is 2.42. The van der Waals surface area contributed by atoms with Crippen LogP contribution < -0.4 is 0 Å². The fourth-order valence-corrected chi connectivity index (χ4v) is 6.39. The maximum absolute atomic E-state index is 12.4. The Morgan fingerprint density at radius 3 is 2.82 bits per heavy atom. The SMILES string of the molecule is CCCCCC(=O)C=C[C@H]1[C@@H](CCCc2ccc(C(=O)OC)s2)[C@@H](Cl)C[C@H]1OC1CCCCO1. The number of ketones is 1. The summed E-state index contributed by atoms with van der Waals surface area (Å²) in [6, 6.07) is 3.83. The average Bonchev–Trinajstić information content (AvgIpc) is 3.42. The summed E-state index contributed by atoms with van der Waals surface area (Å²) in [5.74, 6) is 0.255. The summed E-state index contributed by atoms with van der Waals surface area (Å²) < 4.78 is 17.0. The summed E-state index contributed by atoms with van der Waals surface area (Å²) in [6.07, 6.45) is 14.1. The van der Waals surface area contributed by atoms with Gasteiger partial charge in [0, 0.05) is 29.2 Å². The molecule has 0 amide bonds. The molecule has 0 N–H and O–H groups in total. The van der Waals surface area contributed by atoms with Crippen molar-refractivity contribution >= 4 is 34.7 Å². The number of hydrogen-bond acceptors (Lipinski definition) is 6. The number of allylic oxidation sites excluding steroid dienone is 1. The topological polar surface area (TPSA) is 61.8 Å². The average molecular weight is 511 g/mol. The van der Waals surface area contributed by atoms with E-state index in [0.717, 1.165) is 70.8 Å². The number of thiophene rings is 1. The lowest BCUT2D eigenvalue weighted by atomic mass is 9.89. The molecule has 1 saturated carbocycles. The third-order valence-electron chi connectivity index (χ3n) is 6.85. The van der Waals surface area contributed by atoms with Crippen LogP contribution in [0.25, 0.3) is 0 Å². The maximum Gasteiger partial charge on any atom is 0.348 e. The smallest absolute Gasteiger partial charge is 0.348 e. The van der Waals surface area contributed by atoms with Crippen molar-refractivity contribution in [3.8, 4) is 0 Å². The molecule has 1 aromatic heterocycles. The number of carbonyl (C=O) groups excluding carboxylic acids is 2. The number of unbranched alkanes of at least 4 members (excludes halogenated alkanes) is 2. The molecule has 1 aliphatic heterocycles. The number of hydrogen-bond donors (Lipinski definition) is 0. The van der Waals surface area contributed by atoms with Gasteiger partial charge in [-0.1, -0.05) is 25.8 Å². The number of aryl methyl sites for hydroxylation is 1. The lowest BCUT2D eigenvalue weighted by Crippen LogP contribution is -2.30. The summed E-state index contributed by atoms with van der Waals surface area (Å²) in [4.78, 5) is 25.9. The molecular weight excluding hydrogens is 472 g/mol. The van der Waals surface area contributed by atoms with Crippen LogP contribution in [0.15, 0.2) is 24.3 Å². The van der Waals surface area contributed by atoms with Gasteiger partial charge in [0.2, 0.25) is 0 Å². The summed E-state index contributed by atoms with van der Waals surface area (Å²) >= 11 is 8.34.